The van der Waals surface area contributed by atoms with Crippen LogP contribution in [0.3, 0.4) is 0 Å². The number of benzene rings is 2. The molecule has 4 nitrogen and oxygen atoms in total. The van der Waals surface area contributed by atoms with Crippen molar-refractivity contribution < 1.29 is 8.42 Å². The fourth-order valence-corrected chi connectivity index (χ4v) is 6.33. The molecular formula is C20H22N2O2S2. The lowest BCUT2D eigenvalue weighted by molar-refractivity contribution is 0.415. The molecule has 1 aromatic heterocycles. The normalized spacial score (nSPS) is 14.3. The van der Waals surface area contributed by atoms with Gasteiger partial charge in [-0.1, -0.05) is 30.3 Å². The molecule has 0 radical (unpaired) electrons. The highest BCUT2D eigenvalue weighted by Gasteiger charge is 2.28. The van der Waals surface area contributed by atoms with E-state index in [-0.39, 0.29) is 0 Å². The third kappa shape index (κ3) is 3.13. The van der Waals surface area contributed by atoms with Gasteiger partial charge in [-0.15, -0.1) is 11.3 Å². The van der Waals surface area contributed by atoms with E-state index in [0.717, 1.165) is 47.4 Å². The molecule has 2 aromatic carbocycles. The lowest BCUT2D eigenvalue weighted by atomic mass is 10.1. The zero-order chi connectivity index (χ0) is 18.3. The van der Waals surface area contributed by atoms with Gasteiger partial charge >= 0.3 is 0 Å². The van der Waals surface area contributed by atoms with E-state index in [1.54, 1.807) is 12.1 Å². The molecule has 4 rings (SSSR count). The van der Waals surface area contributed by atoms with Crippen LogP contribution in [0.2, 0.25) is 0 Å². The van der Waals surface area contributed by atoms with Crippen LogP contribution in [-0.4, -0.2) is 47.0 Å². The summed E-state index contributed by atoms with van der Waals surface area (Å²) in [5.74, 6) is 0. The van der Waals surface area contributed by atoms with Crippen molar-refractivity contribution in [3.63, 3.8) is 0 Å². The number of rotatable bonds is 5. The topological polar surface area (TPSA) is 40.6 Å². The molecule has 0 aliphatic carbocycles. The molecule has 0 N–H and O–H groups in total. The van der Waals surface area contributed by atoms with Crippen LogP contribution in [0.5, 0.6) is 0 Å². The average Bonchev–Trinajstić information content (AvgIpc) is 3.21. The van der Waals surface area contributed by atoms with E-state index >= 15 is 0 Å². The van der Waals surface area contributed by atoms with Gasteiger partial charge in [0.25, 0.3) is 0 Å². The Hall–Kier alpha value is -1.89. The Kier molecular flexibility index (Phi) is 4.50. The van der Waals surface area contributed by atoms with Crippen molar-refractivity contribution in [1.82, 2.24) is 4.90 Å². The zero-order valence-electron chi connectivity index (χ0n) is 15.0. The molecule has 0 fully saturated rings. The Morgan fingerprint density at radius 2 is 1.85 bits per heavy atom. The van der Waals surface area contributed by atoms with Gasteiger partial charge in [-0.25, -0.2) is 8.42 Å². The number of hydrogen-bond acceptors (Lipinski definition) is 5. The van der Waals surface area contributed by atoms with E-state index in [4.69, 9.17) is 0 Å². The Bertz CT molecular complexity index is 1050. The number of hydrogen-bond donors (Lipinski definition) is 0. The smallest absolute Gasteiger partial charge is 0.216 e. The summed E-state index contributed by atoms with van der Waals surface area (Å²) in [5, 5.41) is 3.12. The summed E-state index contributed by atoms with van der Waals surface area (Å²) in [6.45, 7) is 2.87. The molecule has 0 saturated carbocycles. The molecule has 0 spiro atoms. The molecule has 1 aliphatic rings. The third-order valence-corrected chi connectivity index (χ3v) is 8.28. The molecule has 0 bridgehead atoms. The summed E-state index contributed by atoms with van der Waals surface area (Å²) in [6.07, 6.45) is 0.923. The van der Waals surface area contributed by atoms with Crippen LogP contribution in [0.1, 0.15) is 5.56 Å². The van der Waals surface area contributed by atoms with Gasteiger partial charge in [0.1, 0.15) is 4.21 Å². The summed E-state index contributed by atoms with van der Waals surface area (Å²) >= 11 is 1.41. The highest BCUT2D eigenvalue weighted by molar-refractivity contribution is 7.93. The first-order valence-electron chi connectivity index (χ1n) is 8.71. The van der Waals surface area contributed by atoms with E-state index in [0.29, 0.717) is 9.10 Å². The number of nitrogens with zero attached hydrogens (tertiary/aromatic N) is 2. The van der Waals surface area contributed by atoms with Crippen LogP contribution in [0.15, 0.2) is 57.6 Å². The third-order valence-electron chi connectivity index (χ3n) is 4.82. The summed E-state index contributed by atoms with van der Waals surface area (Å²) in [4.78, 5) is 4.83. The molecule has 136 valence electrons. The number of sulfone groups is 1. The first kappa shape index (κ1) is 17.5. The van der Waals surface area contributed by atoms with Crippen molar-refractivity contribution in [1.29, 1.82) is 0 Å². The van der Waals surface area contributed by atoms with Gasteiger partial charge in [-0.05, 0) is 55.1 Å². The largest absolute Gasteiger partial charge is 0.362 e. The minimum absolute atomic E-state index is 0.371. The minimum Gasteiger partial charge on any atom is -0.362 e. The quantitative estimate of drug-likeness (QED) is 0.671. The first-order chi connectivity index (χ1) is 12.4. The number of anilines is 1. The minimum atomic E-state index is -3.48. The number of likely N-dealkylation sites (N-methyl/N-ethyl adjacent to an activating group) is 1. The van der Waals surface area contributed by atoms with Crippen LogP contribution < -0.4 is 4.90 Å². The fraction of sp³-hybridized carbons (Fsp3) is 0.300. The van der Waals surface area contributed by atoms with E-state index in [1.165, 1.54) is 11.3 Å². The van der Waals surface area contributed by atoms with Gasteiger partial charge < -0.3 is 9.80 Å². The Morgan fingerprint density at radius 3 is 2.62 bits per heavy atom. The van der Waals surface area contributed by atoms with Crippen molar-refractivity contribution in [2.45, 2.75) is 15.5 Å². The summed E-state index contributed by atoms with van der Waals surface area (Å²) in [7, 11) is 0.632. The average molecular weight is 387 g/mol. The molecule has 1 aliphatic heterocycles. The lowest BCUT2D eigenvalue weighted by Gasteiger charge is -2.20. The van der Waals surface area contributed by atoms with E-state index in [2.05, 4.69) is 23.9 Å². The van der Waals surface area contributed by atoms with Crippen LogP contribution in [0.25, 0.3) is 10.8 Å². The molecule has 0 atom stereocenters. The van der Waals surface area contributed by atoms with Crippen LogP contribution >= 0.6 is 11.3 Å². The second-order valence-electron chi connectivity index (χ2n) is 6.95. The van der Waals surface area contributed by atoms with Gasteiger partial charge in [0.15, 0.2) is 0 Å². The monoisotopic (exact) mass is 386 g/mol. The molecule has 0 unspecified atom stereocenters. The van der Waals surface area contributed by atoms with Crippen LogP contribution in [0, 0.1) is 0 Å². The molecule has 3 aromatic rings. The van der Waals surface area contributed by atoms with Gasteiger partial charge in [0, 0.05) is 19.6 Å². The number of fused-ring (bicyclic) bond motifs is 2. The van der Waals surface area contributed by atoms with Crippen molar-refractivity contribution in [3.05, 3.63) is 54.1 Å². The SMILES string of the molecule is CN(C)CCN1CCc2cc(S(=O)(=O)c3ccc4ccccc4c3)sc21. The first-order valence-corrected chi connectivity index (χ1v) is 11.0. The summed E-state index contributed by atoms with van der Waals surface area (Å²) < 4.78 is 26.7. The van der Waals surface area contributed by atoms with E-state index in [1.807, 2.05) is 36.4 Å². The summed E-state index contributed by atoms with van der Waals surface area (Å²) in [5.41, 5.74) is 1.16. The summed E-state index contributed by atoms with van der Waals surface area (Å²) in [6, 6.07) is 15.1. The fourth-order valence-electron chi connectivity index (χ4n) is 3.32. The standard InChI is InChI=1S/C20H22N2O2S2/c1-21(2)11-12-22-10-9-17-14-19(25-20(17)22)26(23,24)18-8-7-15-5-3-4-6-16(15)13-18/h3-8,13-14H,9-12H2,1-2H3. The van der Waals surface area contributed by atoms with Crippen LogP contribution in [0.4, 0.5) is 5.00 Å². The molecule has 2 heterocycles. The zero-order valence-corrected chi connectivity index (χ0v) is 16.6. The highest BCUT2D eigenvalue weighted by Crippen LogP contribution is 2.40. The van der Waals surface area contributed by atoms with Crippen molar-refractivity contribution >= 4 is 36.9 Å². The van der Waals surface area contributed by atoms with Gasteiger partial charge in [-0.3, -0.25) is 0 Å². The highest BCUT2D eigenvalue weighted by atomic mass is 32.2. The second kappa shape index (κ2) is 6.68. The Labute approximate surface area is 158 Å². The molecule has 0 saturated heterocycles. The van der Waals surface area contributed by atoms with Crippen molar-refractivity contribution in [2.75, 3.05) is 38.6 Å². The van der Waals surface area contributed by atoms with Gasteiger partial charge in [0.2, 0.25) is 9.84 Å². The van der Waals surface area contributed by atoms with Gasteiger partial charge in [0.05, 0.1) is 9.90 Å². The van der Waals surface area contributed by atoms with Gasteiger partial charge in [-0.2, -0.15) is 0 Å². The predicted molar refractivity (Wildman–Crippen MR) is 108 cm³/mol. The number of thiophene rings is 1. The Morgan fingerprint density at radius 1 is 1.08 bits per heavy atom. The van der Waals surface area contributed by atoms with Crippen molar-refractivity contribution in [2.24, 2.45) is 0 Å². The predicted octanol–water partition coefficient (Wildman–Crippen LogP) is 3.66. The molecule has 0 amide bonds. The van der Waals surface area contributed by atoms with Crippen molar-refractivity contribution in [3.8, 4) is 0 Å². The maximum absolute atomic E-state index is 13.1. The second-order valence-corrected chi connectivity index (χ2v) is 10.2. The van der Waals surface area contributed by atoms with E-state index in [9.17, 15) is 8.42 Å². The maximum Gasteiger partial charge on any atom is 0.216 e. The molecule has 6 heteroatoms. The van der Waals surface area contributed by atoms with Crippen LogP contribution in [-0.2, 0) is 16.3 Å². The lowest BCUT2D eigenvalue weighted by Crippen LogP contribution is -2.29. The Balaban J connectivity index is 1.67. The molecule has 26 heavy (non-hydrogen) atoms. The van der Waals surface area contributed by atoms with E-state index < -0.39 is 9.84 Å². The maximum atomic E-state index is 13.1. The molecular weight excluding hydrogens is 364 g/mol.